The van der Waals surface area contributed by atoms with Gasteiger partial charge in [0.1, 0.15) is 6.10 Å². The van der Waals surface area contributed by atoms with Gasteiger partial charge in [-0.2, -0.15) is 5.10 Å². The third-order valence-electron chi connectivity index (χ3n) is 2.85. The molecule has 1 atom stereocenters. The Kier molecular flexibility index (Phi) is 3.59. The molecule has 2 rings (SSSR count). The highest BCUT2D eigenvalue weighted by Crippen LogP contribution is 2.22. The minimum atomic E-state index is -0.583. The fourth-order valence-corrected chi connectivity index (χ4v) is 1.98. The average Bonchev–Trinajstić information content (AvgIpc) is 2.76. The lowest BCUT2D eigenvalue weighted by molar-refractivity contribution is 0.220. The molecule has 0 spiro atoms. The van der Waals surface area contributed by atoms with E-state index in [9.17, 15) is 5.11 Å². The molecule has 90 valence electrons. The third-order valence-corrected chi connectivity index (χ3v) is 2.85. The van der Waals surface area contributed by atoms with Crippen molar-refractivity contribution in [2.24, 2.45) is 7.05 Å². The quantitative estimate of drug-likeness (QED) is 0.876. The van der Waals surface area contributed by atoms with Gasteiger partial charge in [-0.15, -0.1) is 0 Å². The summed E-state index contributed by atoms with van der Waals surface area (Å²) in [6.07, 6.45) is 5.13. The maximum atomic E-state index is 10.2. The predicted octanol–water partition coefficient (Wildman–Crippen LogP) is 2.45. The van der Waals surface area contributed by atoms with Gasteiger partial charge in [0.2, 0.25) is 0 Å². The van der Waals surface area contributed by atoms with Crippen molar-refractivity contribution in [1.29, 1.82) is 0 Å². The number of hydrogen-bond acceptors (Lipinski definition) is 2. The van der Waals surface area contributed by atoms with Crippen molar-refractivity contribution in [3.8, 4) is 0 Å². The first-order valence-corrected chi connectivity index (χ1v) is 5.96. The summed E-state index contributed by atoms with van der Waals surface area (Å²) >= 11 is 0. The molecule has 17 heavy (non-hydrogen) atoms. The van der Waals surface area contributed by atoms with E-state index in [0.29, 0.717) is 0 Å². The van der Waals surface area contributed by atoms with E-state index in [-0.39, 0.29) is 0 Å². The van der Waals surface area contributed by atoms with E-state index in [1.165, 1.54) is 5.56 Å². The molecule has 0 bridgehead atoms. The Morgan fingerprint density at radius 1 is 1.35 bits per heavy atom. The summed E-state index contributed by atoms with van der Waals surface area (Å²) in [5.74, 6) is 0. The van der Waals surface area contributed by atoms with Crippen LogP contribution >= 0.6 is 0 Å². The van der Waals surface area contributed by atoms with Crippen molar-refractivity contribution in [1.82, 2.24) is 9.78 Å². The number of aryl methyl sites for hydroxylation is 2. The molecule has 0 saturated heterocycles. The van der Waals surface area contributed by atoms with Gasteiger partial charge in [0.05, 0.1) is 6.20 Å². The van der Waals surface area contributed by atoms with Crippen LogP contribution in [0.1, 0.15) is 36.1 Å². The van der Waals surface area contributed by atoms with E-state index in [2.05, 4.69) is 24.2 Å². The number of aliphatic hydroxyl groups excluding tert-OH is 1. The van der Waals surface area contributed by atoms with Crippen molar-refractivity contribution in [2.45, 2.75) is 25.9 Å². The van der Waals surface area contributed by atoms with Crippen molar-refractivity contribution in [3.05, 3.63) is 53.3 Å². The normalized spacial score (nSPS) is 12.6. The van der Waals surface area contributed by atoms with Crippen LogP contribution in [-0.2, 0) is 13.5 Å². The standard InChI is InChI=1S/C14H18N2O/c1-3-5-11-6-4-7-12(8-11)14(17)13-9-15-16(2)10-13/h4,6-10,14,17H,3,5H2,1-2H3. The molecule has 1 aromatic heterocycles. The Labute approximate surface area is 102 Å². The molecule has 0 radical (unpaired) electrons. The molecule has 1 aromatic carbocycles. The average molecular weight is 230 g/mol. The van der Waals surface area contributed by atoms with E-state index >= 15 is 0 Å². The first-order chi connectivity index (χ1) is 8.20. The van der Waals surface area contributed by atoms with Crippen molar-refractivity contribution in [3.63, 3.8) is 0 Å². The highest BCUT2D eigenvalue weighted by Gasteiger charge is 2.12. The summed E-state index contributed by atoms with van der Waals surface area (Å²) in [7, 11) is 1.85. The molecule has 0 aliphatic carbocycles. The summed E-state index contributed by atoms with van der Waals surface area (Å²) in [4.78, 5) is 0. The van der Waals surface area contributed by atoms with Crippen LogP contribution < -0.4 is 0 Å². The Bertz CT molecular complexity index is 490. The number of hydrogen-bond donors (Lipinski definition) is 1. The van der Waals surface area contributed by atoms with Gasteiger partial charge in [-0.05, 0) is 17.5 Å². The van der Waals surface area contributed by atoms with E-state index in [4.69, 9.17) is 0 Å². The van der Waals surface area contributed by atoms with Crippen molar-refractivity contribution >= 4 is 0 Å². The fraction of sp³-hybridized carbons (Fsp3) is 0.357. The van der Waals surface area contributed by atoms with E-state index in [1.807, 2.05) is 25.4 Å². The van der Waals surface area contributed by atoms with Crippen LogP contribution in [0, 0.1) is 0 Å². The molecule has 0 saturated carbocycles. The van der Waals surface area contributed by atoms with Gasteiger partial charge in [0.15, 0.2) is 0 Å². The summed E-state index contributed by atoms with van der Waals surface area (Å²) < 4.78 is 1.70. The van der Waals surface area contributed by atoms with Gasteiger partial charge >= 0.3 is 0 Å². The second-order valence-corrected chi connectivity index (χ2v) is 4.34. The Morgan fingerprint density at radius 2 is 2.18 bits per heavy atom. The highest BCUT2D eigenvalue weighted by molar-refractivity contribution is 5.30. The van der Waals surface area contributed by atoms with Crippen LogP contribution in [0.2, 0.25) is 0 Å². The molecule has 1 unspecified atom stereocenters. The summed E-state index contributed by atoms with van der Waals surface area (Å²) in [5, 5.41) is 14.3. The molecular formula is C14H18N2O. The maximum Gasteiger partial charge on any atom is 0.107 e. The topological polar surface area (TPSA) is 38.1 Å². The summed E-state index contributed by atoms with van der Waals surface area (Å²) in [5.41, 5.74) is 3.04. The van der Waals surface area contributed by atoms with Gasteiger partial charge in [-0.1, -0.05) is 37.6 Å². The fourth-order valence-electron chi connectivity index (χ4n) is 1.98. The second kappa shape index (κ2) is 5.15. The largest absolute Gasteiger partial charge is 0.384 e. The number of aromatic nitrogens is 2. The lowest BCUT2D eigenvalue weighted by Gasteiger charge is -2.10. The number of aliphatic hydroxyl groups is 1. The highest BCUT2D eigenvalue weighted by atomic mass is 16.3. The molecule has 0 aliphatic heterocycles. The SMILES string of the molecule is CCCc1cccc(C(O)c2cnn(C)c2)c1. The lowest BCUT2D eigenvalue weighted by Crippen LogP contribution is -1.99. The lowest BCUT2D eigenvalue weighted by atomic mass is 10.0. The van der Waals surface area contributed by atoms with E-state index < -0.39 is 6.10 Å². The number of rotatable bonds is 4. The van der Waals surface area contributed by atoms with Crippen LogP contribution in [0.4, 0.5) is 0 Å². The smallest absolute Gasteiger partial charge is 0.107 e. The number of nitrogens with zero attached hydrogens (tertiary/aromatic N) is 2. The Hall–Kier alpha value is -1.61. The van der Waals surface area contributed by atoms with E-state index in [0.717, 1.165) is 24.0 Å². The van der Waals surface area contributed by atoms with Crippen LogP contribution in [0.3, 0.4) is 0 Å². The molecule has 3 nitrogen and oxygen atoms in total. The minimum absolute atomic E-state index is 0.583. The van der Waals surface area contributed by atoms with Crippen LogP contribution in [-0.4, -0.2) is 14.9 Å². The molecule has 0 fully saturated rings. The molecule has 2 aromatic rings. The van der Waals surface area contributed by atoms with Crippen molar-refractivity contribution < 1.29 is 5.11 Å². The van der Waals surface area contributed by atoms with Crippen LogP contribution in [0.5, 0.6) is 0 Å². The van der Waals surface area contributed by atoms with Gasteiger partial charge in [-0.3, -0.25) is 4.68 Å². The Balaban J connectivity index is 2.24. The second-order valence-electron chi connectivity index (χ2n) is 4.34. The summed E-state index contributed by atoms with van der Waals surface area (Å²) in [6, 6.07) is 8.13. The van der Waals surface area contributed by atoms with Gasteiger partial charge in [0.25, 0.3) is 0 Å². The molecule has 1 N–H and O–H groups in total. The molecule has 3 heteroatoms. The zero-order valence-electron chi connectivity index (χ0n) is 10.3. The monoisotopic (exact) mass is 230 g/mol. The van der Waals surface area contributed by atoms with Gasteiger partial charge in [-0.25, -0.2) is 0 Å². The van der Waals surface area contributed by atoms with Crippen LogP contribution in [0.15, 0.2) is 36.7 Å². The molecular weight excluding hydrogens is 212 g/mol. The molecule has 0 amide bonds. The predicted molar refractivity (Wildman–Crippen MR) is 67.7 cm³/mol. The van der Waals surface area contributed by atoms with E-state index in [1.54, 1.807) is 10.9 Å². The van der Waals surface area contributed by atoms with Gasteiger partial charge in [0, 0.05) is 18.8 Å². The van der Waals surface area contributed by atoms with Gasteiger partial charge < -0.3 is 5.11 Å². The minimum Gasteiger partial charge on any atom is -0.384 e. The van der Waals surface area contributed by atoms with Crippen molar-refractivity contribution in [2.75, 3.05) is 0 Å². The third kappa shape index (κ3) is 2.74. The zero-order chi connectivity index (χ0) is 12.3. The first kappa shape index (κ1) is 11.9. The zero-order valence-corrected chi connectivity index (χ0v) is 10.3. The Morgan fingerprint density at radius 3 is 2.82 bits per heavy atom. The van der Waals surface area contributed by atoms with Crippen LogP contribution in [0.25, 0.3) is 0 Å². The maximum absolute atomic E-state index is 10.2. The molecule has 0 aliphatic rings. The summed E-state index contributed by atoms with van der Waals surface area (Å²) in [6.45, 7) is 2.16. The molecule has 1 heterocycles. The first-order valence-electron chi connectivity index (χ1n) is 5.96. The number of benzene rings is 1.